The van der Waals surface area contributed by atoms with Gasteiger partial charge in [-0.25, -0.2) is 0 Å². The Hall–Kier alpha value is -3.48. The molecule has 0 bridgehead atoms. The van der Waals surface area contributed by atoms with Gasteiger partial charge in [0.15, 0.2) is 0 Å². The van der Waals surface area contributed by atoms with Crippen molar-refractivity contribution in [2.24, 2.45) is 5.92 Å². The monoisotopic (exact) mass is 376 g/mol. The lowest BCUT2D eigenvalue weighted by Gasteiger charge is -2.17. The van der Waals surface area contributed by atoms with Gasteiger partial charge in [0.2, 0.25) is 23.5 Å². The van der Waals surface area contributed by atoms with Crippen LogP contribution in [0, 0.1) is 19.8 Å². The molecule has 2 aromatic carbocycles. The second-order valence-corrected chi connectivity index (χ2v) is 6.95. The van der Waals surface area contributed by atoms with Crippen LogP contribution in [0.3, 0.4) is 0 Å². The number of hydrogen-bond donors (Lipinski definition) is 1. The molecule has 142 valence electrons. The Bertz CT molecular complexity index is 1040. The summed E-state index contributed by atoms with van der Waals surface area (Å²) in [6.07, 6.45) is 0.184. The van der Waals surface area contributed by atoms with Gasteiger partial charge in [-0.3, -0.25) is 9.59 Å². The van der Waals surface area contributed by atoms with Crippen LogP contribution in [-0.4, -0.2) is 28.5 Å². The smallest absolute Gasteiger partial charge is 0.229 e. The Labute approximate surface area is 162 Å². The number of anilines is 2. The fraction of sp³-hybridized carbons (Fsp3) is 0.238. The molecule has 0 saturated carbocycles. The summed E-state index contributed by atoms with van der Waals surface area (Å²) in [5, 5.41) is 6.82. The summed E-state index contributed by atoms with van der Waals surface area (Å²) in [5.41, 5.74) is 3.28. The molecule has 3 aromatic rings. The van der Waals surface area contributed by atoms with Gasteiger partial charge in [0.1, 0.15) is 0 Å². The van der Waals surface area contributed by atoms with Crippen LogP contribution in [0.15, 0.2) is 53.1 Å². The Morgan fingerprint density at radius 1 is 1.18 bits per heavy atom. The summed E-state index contributed by atoms with van der Waals surface area (Å²) >= 11 is 0. The highest BCUT2D eigenvalue weighted by atomic mass is 16.5. The molecule has 1 fully saturated rings. The van der Waals surface area contributed by atoms with E-state index in [0.717, 1.165) is 22.5 Å². The second-order valence-electron chi connectivity index (χ2n) is 6.95. The zero-order valence-corrected chi connectivity index (χ0v) is 15.7. The molecule has 2 amide bonds. The molecule has 1 aromatic heterocycles. The quantitative estimate of drug-likeness (QED) is 0.754. The summed E-state index contributed by atoms with van der Waals surface area (Å²) in [7, 11) is 0. The van der Waals surface area contributed by atoms with E-state index in [1.807, 2.05) is 55.5 Å². The molecule has 1 N–H and O–H groups in total. The van der Waals surface area contributed by atoms with Crippen molar-refractivity contribution in [2.45, 2.75) is 20.3 Å². The first-order valence-electron chi connectivity index (χ1n) is 9.08. The fourth-order valence-corrected chi connectivity index (χ4v) is 3.33. The van der Waals surface area contributed by atoms with E-state index < -0.39 is 5.92 Å². The van der Waals surface area contributed by atoms with Crippen LogP contribution >= 0.6 is 0 Å². The summed E-state index contributed by atoms with van der Waals surface area (Å²) < 4.78 is 5.02. The molecule has 0 aliphatic carbocycles. The SMILES string of the molecule is Cc1cccc(NC(=O)C2CC(=O)N(c3cccc(-c4noc(C)n4)c3)C2)c1. The third-order valence-electron chi connectivity index (χ3n) is 4.73. The van der Waals surface area contributed by atoms with Gasteiger partial charge in [-0.05, 0) is 36.8 Å². The summed E-state index contributed by atoms with van der Waals surface area (Å²) in [4.78, 5) is 31.0. The van der Waals surface area contributed by atoms with Gasteiger partial charge < -0.3 is 14.7 Å². The molecule has 1 aliphatic heterocycles. The van der Waals surface area contributed by atoms with E-state index in [-0.39, 0.29) is 18.2 Å². The molecular formula is C21H20N4O3. The molecular weight excluding hydrogens is 356 g/mol. The second kappa shape index (κ2) is 7.26. The predicted molar refractivity (Wildman–Crippen MR) is 105 cm³/mol. The van der Waals surface area contributed by atoms with Gasteiger partial charge in [-0.1, -0.05) is 29.4 Å². The standard InChI is InChI=1S/C21H20N4O3/c1-13-5-3-7-17(9-13)23-21(27)16-11-19(26)25(12-16)18-8-4-6-15(10-18)20-22-14(2)28-24-20/h3-10,16H,11-12H2,1-2H3,(H,23,27). The number of carbonyl (C=O) groups is 2. The van der Waals surface area contributed by atoms with Crippen LogP contribution in [-0.2, 0) is 9.59 Å². The molecule has 1 atom stereocenters. The molecule has 4 rings (SSSR count). The summed E-state index contributed by atoms with van der Waals surface area (Å²) in [6.45, 7) is 4.03. The van der Waals surface area contributed by atoms with Crippen molar-refractivity contribution in [3.05, 3.63) is 60.0 Å². The predicted octanol–water partition coefficient (Wildman–Crippen LogP) is 3.35. The molecule has 7 heteroatoms. The van der Waals surface area contributed by atoms with E-state index in [1.54, 1.807) is 11.8 Å². The summed E-state index contributed by atoms with van der Waals surface area (Å²) in [5.74, 6) is 0.326. The number of nitrogens with one attached hydrogen (secondary N) is 1. The molecule has 28 heavy (non-hydrogen) atoms. The molecule has 1 aliphatic rings. The Kier molecular flexibility index (Phi) is 4.65. The third-order valence-corrected chi connectivity index (χ3v) is 4.73. The number of amides is 2. The number of hydrogen-bond acceptors (Lipinski definition) is 5. The molecule has 0 spiro atoms. The molecule has 0 radical (unpaired) electrons. The van der Waals surface area contributed by atoms with Crippen LogP contribution in [0.5, 0.6) is 0 Å². The highest BCUT2D eigenvalue weighted by Crippen LogP contribution is 2.29. The number of benzene rings is 2. The Balaban J connectivity index is 1.50. The first-order chi connectivity index (χ1) is 13.5. The largest absolute Gasteiger partial charge is 0.339 e. The first-order valence-corrected chi connectivity index (χ1v) is 9.08. The normalized spacial score (nSPS) is 16.4. The van der Waals surface area contributed by atoms with E-state index in [2.05, 4.69) is 15.5 Å². The van der Waals surface area contributed by atoms with Crippen molar-refractivity contribution in [3.8, 4) is 11.4 Å². The maximum Gasteiger partial charge on any atom is 0.229 e. The number of aromatic nitrogens is 2. The first kappa shape index (κ1) is 17.9. The lowest BCUT2D eigenvalue weighted by atomic mass is 10.1. The van der Waals surface area contributed by atoms with Crippen LogP contribution in [0.2, 0.25) is 0 Å². The van der Waals surface area contributed by atoms with Crippen molar-refractivity contribution in [3.63, 3.8) is 0 Å². The lowest BCUT2D eigenvalue weighted by Crippen LogP contribution is -2.28. The number of nitrogens with zero attached hydrogens (tertiary/aromatic N) is 3. The van der Waals surface area contributed by atoms with Crippen molar-refractivity contribution in [1.29, 1.82) is 0 Å². The van der Waals surface area contributed by atoms with Crippen LogP contribution in [0.25, 0.3) is 11.4 Å². The van der Waals surface area contributed by atoms with Crippen molar-refractivity contribution < 1.29 is 14.1 Å². The fourth-order valence-electron chi connectivity index (χ4n) is 3.33. The van der Waals surface area contributed by atoms with E-state index in [1.165, 1.54) is 0 Å². The minimum Gasteiger partial charge on any atom is -0.339 e. The van der Waals surface area contributed by atoms with Gasteiger partial charge in [-0.15, -0.1) is 0 Å². The molecule has 7 nitrogen and oxygen atoms in total. The zero-order valence-electron chi connectivity index (χ0n) is 15.7. The van der Waals surface area contributed by atoms with Crippen molar-refractivity contribution >= 4 is 23.2 Å². The van der Waals surface area contributed by atoms with E-state index in [0.29, 0.717) is 18.3 Å². The number of aryl methyl sites for hydroxylation is 2. The number of carbonyl (C=O) groups excluding carboxylic acids is 2. The van der Waals surface area contributed by atoms with Gasteiger partial charge >= 0.3 is 0 Å². The van der Waals surface area contributed by atoms with Crippen molar-refractivity contribution in [2.75, 3.05) is 16.8 Å². The minimum absolute atomic E-state index is 0.0779. The van der Waals surface area contributed by atoms with Crippen molar-refractivity contribution in [1.82, 2.24) is 10.1 Å². The lowest BCUT2D eigenvalue weighted by molar-refractivity contribution is -0.122. The maximum atomic E-state index is 12.6. The average molecular weight is 376 g/mol. The minimum atomic E-state index is -0.399. The molecule has 2 heterocycles. The van der Waals surface area contributed by atoms with E-state index >= 15 is 0 Å². The molecule has 1 unspecified atom stereocenters. The van der Waals surface area contributed by atoms with Crippen LogP contribution in [0.1, 0.15) is 17.9 Å². The van der Waals surface area contributed by atoms with Gasteiger partial charge in [-0.2, -0.15) is 4.98 Å². The van der Waals surface area contributed by atoms with Crippen LogP contribution < -0.4 is 10.2 Å². The third kappa shape index (κ3) is 3.64. The molecule has 1 saturated heterocycles. The van der Waals surface area contributed by atoms with Gasteiger partial charge in [0.25, 0.3) is 0 Å². The average Bonchev–Trinajstić information content (AvgIpc) is 3.28. The van der Waals surface area contributed by atoms with E-state index in [9.17, 15) is 9.59 Å². The van der Waals surface area contributed by atoms with Gasteiger partial charge in [0.05, 0.1) is 5.92 Å². The maximum absolute atomic E-state index is 12.6. The van der Waals surface area contributed by atoms with Crippen LogP contribution in [0.4, 0.5) is 11.4 Å². The zero-order chi connectivity index (χ0) is 19.7. The highest BCUT2D eigenvalue weighted by Gasteiger charge is 2.35. The topological polar surface area (TPSA) is 88.3 Å². The van der Waals surface area contributed by atoms with Gasteiger partial charge in [0, 0.05) is 36.8 Å². The Morgan fingerprint density at radius 3 is 2.75 bits per heavy atom. The number of rotatable bonds is 4. The Morgan fingerprint density at radius 2 is 2.00 bits per heavy atom. The van der Waals surface area contributed by atoms with E-state index in [4.69, 9.17) is 4.52 Å². The highest BCUT2D eigenvalue weighted by molar-refractivity contribution is 6.03. The summed E-state index contributed by atoms with van der Waals surface area (Å²) in [6, 6.07) is 15.0.